The van der Waals surface area contributed by atoms with Crippen LogP contribution in [0.5, 0.6) is 0 Å². The lowest BCUT2D eigenvalue weighted by atomic mass is 9.78. The van der Waals surface area contributed by atoms with Crippen LogP contribution in [0.15, 0.2) is 35.3 Å². The molecule has 2 heterocycles. The molecule has 1 aromatic rings. The normalized spacial score (nSPS) is 28.0. The highest BCUT2D eigenvalue weighted by molar-refractivity contribution is 7.99. The molecule has 1 aromatic carbocycles. The third-order valence-corrected chi connectivity index (χ3v) is 5.90. The van der Waals surface area contributed by atoms with Gasteiger partial charge in [0.05, 0.1) is 0 Å². The minimum Gasteiger partial charge on any atom is -0.385 e. The van der Waals surface area contributed by atoms with Crippen LogP contribution in [0.3, 0.4) is 0 Å². The first-order chi connectivity index (χ1) is 9.93. The molecule has 2 amide bonds. The average Bonchev–Trinajstić information content (AvgIpc) is 2.63. The van der Waals surface area contributed by atoms with Gasteiger partial charge in [0.15, 0.2) is 0 Å². The van der Waals surface area contributed by atoms with Gasteiger partial charge in [0.1, 0.15) is 11.4 Å². The molecule has 0 radical (unpaired) electrons. The SMILES string of the molecule is CC1(C)CSCC2(C1)C(N)=NC(=O)N2Cc1ccccc1. The lowest BCUT2D eigenvalue weighted by molar-refractivity contribution is 0.142. The second kappa shape index (κ2) is 5.05. The number of amides is 2. The Morgan fingerprint density at radius 2 is 2.00 bits per heavy atom. The summed E-state index contributed by atoms with van der Waals surface area (Å²) < 4.78 is 0. The van der Waals surface area contributed by atoms with Crippen LogP contribution < -0.4 is 5.73 Å². The molecule has 1 atom stereocenters. The van der Waals surface area contributed by atoms with E-state index in [1.54, 1.807) is 0 Å². The number of nitrogens with zero attached hydrogens (tertiary/aromatic N) is 2. The lowest BCUT2D eigenvalue weighted by Crippen LogP contribution is -2.59. The van der Waals surface area contributed by atoms with E-state index in [1.807, 2.05) is 47.0 Å². The maximum absolute atomic E-state index is 12.3. The van der Waals surface area contributed by atoms with Crippen molar-refractivity contribution >= 4 is 23.6 Å². The summed E-state index contributed by atoms with van der Waals surface area (Å²) >= 11 is 1.86. The zero-order chi connectivity index (χ0) is 15.1. The fourth-order valence-electron chi connectivity index (χ4n) is 3.30. The van der Waals surface area contributed by atoms with Crippen LogP contribution >= 0.6 is 11.8 Å². The second-order valence-corrected chi connectivity index (χ2v) is 7.70. The highest BCUT2D eigenvalue weighted by Gasteiger charge is 2.53. The van der Waals surface area contributed by atoms with Crippen molar-refractivity contribution in [2.45, 2.75) is 32.4 Å². The summed E-state index contributed by atoms with van der Waals surface area (Å²) in [5.41, 5.74) is 7.03. The molecule has 5 heteroatoms. The first kappa shape index (κ1) is 14.4. The van der Waals surface area contributed by atoms with Gasteiger partial charge in [0, 0.05) is 12.3 Å². The molecule has 1 saturated heterocycles. The maximum Gasteiger partial charge on any atom is 0.346 e. The van der Waals surface area contributed by atoms with E-state index in [0.717, 1.165) is 23.5 Å². The van der Waals surface area contributed by atoms with Gasteiger partial charge in [-0.05, 0) is 23.2 Å². The number of urea groups is 1. The van der Waals surface area contributed by atoms with Gasteiger partial charge in [-0.1, -0.05) is 44.2 Å². The smallest absolute Gasteiger partial charge is 0.346 e. The van der Waals surface area contributed by atoms with E-state index in [9.17, 15) is 4.79 Å². The number of carbonyl (C=O) groups is 1. The number of hydrogen-bond donors (Lipinski definition) is 1. The molecule has 0 aromatic heterocycles. The van der Waals surface area contributed by atoms with Gasteiger partial charge in [-0.25, -0.2) is 4.79 Å². The summed E-state index contributed by atoms with van der Waals surface area (Å²) in [6, 6.07) is 9.84. The van der Waals surface area contributed by atoms with Crippen LogP contribution in [0.25, 0.3) is 0 Å². The van der Waals surface area contributed by atoms with Gasteiger partial charge in [0.25, 0.3) is 0 Å². The fourth-order valence-corrected chi connectivity index (χ4v) is 4.80. The van der Waals surface area contributed by atoms with Gasteiger partial charge >= 0.3 is 6.03 Å². The molecule has 1 spiro atoms. The van der Waals surface area contributed by atoms with E-state index >= 15 is 0 Å². The Bertz CT molecular complexity index is 584. The Morgan fingerprint density at radius 1 is 1.29 bits per heavy atom. The van der Waals surface area contributed by atoms with E-state index in [-0.39, 0.29) is 11.4 Å². The van der Waals surface area contributed by atoms with Crippen molar-refractivity contribution in [1.29, 1.82) is 0 Å². The summed E-state index contributed by atoms with van der Waals surface area (Å²) in [6.45, 7) is 5.04. The number of amidine groups is 1. The zero-order valence-corrected chi connectivity index (χ0v) is 13.3. The molecule has 112 valence electrons. The second-order valence-electron chi connectivity index (χ2n) is 6.72. The standard InChI is InChI=1S/C16H21N3OS/c1-15(2)9-16(11-21-10-15)13(17)18-14(20)19(16)8-12-6-4-3-5-7-12/h3-7H,8-11H2,1-2H3,(H2,17,18,20). The molecule has 21 heavy (non-hydrogen) atoms. The molecule has 0 bridgehead atoms. The molecule has 1 fully saturated rings. The predicted molar refractivity (Wildman–Crippen MR) is 87.5 cm³/mol. The van der Waals surface area contributed by atoms with Crippen molar-refractivity contribution in [3.05, 3.63) is 35.9 Å². The zero-order valence-electron chi connectivity index (χ0n) is 12.5. The first-order valence-electron chi connectivity index (χ1n) is 7.21. The van der Waals surface area contributed by atoms with Gasteiger partial charge in [-0.3, -0.25) is 0 Å². The summed E-state index contributed by atoms with van der Waals surface area (Å²) in [5.74, 6) is 2.42. The minimum absolute atomic E-state index is 0.155. The fraction of sp³-hybridized carbons (Fsp3) is 0.500. The van der Waals surface area contributed by atoms with Gasteiger partial charge in [-0.2, -0.15) is 16.8 Å². The topological polar surface area (TPSA) is 58.7 Å². The lowest BCUT2D eigenvalue weighted by Gasteiger charge is -2.46. The number of nitrogens with two attached hydrogens (primary N) is 1. The number of rotatable bonds is 2. The van der Waals surface area contributed by atoms with Crippen molar-refractivity contribution in [3.8, 4) is 0 Å². The molecule has 4 nitrogen and oxygen atoms in total. The van der Waals surface area contributed by atoms with Crippen LogP contribution in [-0.2, 0) is 6.54 Å². The van der Waals surface area contributed by atoms with Crippen LogP contribution in [0.4, 0.5) is 4.79 Å². The van der Waals surface area contributed by atoms with Crippen LogP contribution in [0.2, 0.25) is 0 Å². The highest BCUT2D eigenvalue weighted by Crippen LogP contribution is 2.45. The molecular formula is C16H21N3OS. The van der Waals surface area contributed by atoms with E-state index in [1.165, 1.54) is 0 Å². The Morgan fingerprint density at radius 3 is 2.67 bits per heavy atom. The van der Waals surface area contributed by atoms with Crippen molar-refractivity contribution in [2.75, 3.05) is 11.5 Å². The Hall–Kier alpha value is -1.49. The van der Waals surface area contributed by atoms with E-state index in [4.69, 9.17) is 5.73 Å². The predicted octanol–water partition coefficient (Wildman–Crippen LogP) is 2.88. The Balaban J connectivity index is 1.92. The van der Waals surface area contributed by atoms with Crippen LogP contribution in [0, 0.1) is 5.41 Å². The molecule has 2 N–H and O–H groups in total. The number of hydrogen-bond acceptors (Lipinski definition) is 3. The largest absolute Gasteiger partial charge is 0.385 e. The quantitative estimate of drug-likeness (QED) is 0.914. The number of aliphatic imine (C=N–C) groups is 1. The minimum atomic E-state index is -0.417. The number of benzene rings is 1. The van der Waals surface area contributed by atoms with Gasteiger partial charge in [0.2, 0.25) is 0 Å². The average molecular weight is 303 g/mol. The Labute approximate surface area is 129 Å². The maximum atomic E-state index is 12.3. The van der Waals surface area contributed by atoms with Crippen molar-refractivity contribution in [1.82, 2.24) is 4.90 Å². The molecule has 2 aliphatic rings. The summed E-state index contributed by atoms with van der Waals surface area (Å²) in [6.07, 6.45) is 0.876. The van der Waals surface area contributed by atoms with E-state index < -0.39 is 5.54 Å². The van der Waals surface area contributed by atoms with Crippen molar-refractivity contribution < 1.29 is 4.79 Å². The molecule has 1 unspecified atom stereocenters. The first-order valence-corrected chi connectivity index (χ1v) is 8.36. The number of thioether (sulfide) groups is 1. The van der Waals surface area contributed by atoms with Crippen LogP contribution in [0.1, 0.15) is 25.8 Å². The highest BCUT2D eigenvalue weighted by atomic mass is 32.2. The molecule has 3 rings (SSSR count). The van der Waals surface area contributed by atoms with Gasteiger partial charge in [-0.15, -0.1) is 0 Å². The van der Waals surface area contributed by atoms with Crippen LogP contribution in [-0.4, -0.2) is 33.8 Å². The third-order valence-electron chi connectivity index (χ3n) is 4.23. The molecule has 2 aliphatic heterocycles. The third kappa shape index (κ3) is 2.55. The monoisotopic (exact) mass is 303 g/mol. The summed E-state index contributed by atoms with van der Waals surface area (Å²) in [7, 11) is 0. The Kier molecular flexibility index (Phi) is 3.48. The molecular weight excluding hydrogens is 282 g/mol. The summed E-state index contributed by atoms with van der Waals surface area (Å²) in [5, 5.41) is 0. The molecule has 0 aliphatic carbocycles. The summed E-state index contributed by atoms with van der Waals surface area (Å²) in [4.78, 5) is 18.3. The molecule has 0 saturated carbocycles. The number of carbonyl (C=O) groups excluding carboxylic acids is 1. The van der Waals surface area contributed by atoms with Crippen molar-refractivity contribution in [3.63, 3.8) is 0 Å². The van der Waals surface area contributed by atoms with E-state index in [0.29, 0.717) is 12.4 Å². The van der Waals surface area contributed by atoms with Crippen molar-refractivity contribution in [2.24, 2.45) is 16.1 Å². The van der Waals surface area contributed by atoms with E-state index in [2.05, 4.69) is 18.8 Å². The van der Waals surface area contributed by atoms with Gasteiger partial charge < -0.3 is 10.6 Å².